The zero-order valence-electron chi connectivity index (χ0n) is 8.20. The first-order chi connectivity index (χ1) is 6.12. The van der Waals surface area contributed by atoms with Crippen LogP contribution in [0.25, 0.3) is 0 Å². The number of aryl methyl sites for hydroxylation is 1. The minimum atomic E-state index is -0.487. The molecule has 1 N–H and O–H groups in total. The number of aromatic nitrogens is 2. The zero-order chi connectivity index (χ0) is 9.47. The van der Waals surface area contributed by atoms with Crippen LogP contribution in [-0.4, -0.2) is 20.3 Å². The molecule has 0 spiro atoms. The molecule has 2 atom stereocenters. The molecule has 1 fully saturated rings. The Morgan fingerprint density at radius 2 is 2.54 bits per heavy atom. The van der Waals surface area contributed by atoms with Crippen molar-refractivity contribution in [1.82, 2.24) is 9.55 Å². The van der Waals surface area contributed by atoms with Gasteiger partial charge in [0.1, 0.15) is 5.82 Å². The lowest BCUT2D eigenvalue weighted by Gasteiger charge is -2.43. The third-order valence-corrected chi connectivity index (χ3v) is 3.31. The summed E-state index contributed by atoms with van der Waals surface area (Å²) in [6.07, 6.45) is 6.45. The van der Waals surface area contributed by atoms with E-state index in [1.165, 1.54) is 0 Å². The molecule has 13 heavy (non-hydrogen) atoms. The second kappa shape index (κ2) is 2.84. The van der Waals surface area contributed by atoms with Gasteiger partial charge in [0.25, 0.3) is 0 Å². The molecule has 1 saturated carbocycles. The van der Waals surface area contributed by atoms with E-state index in [2.05, 4.69) is 11.9 Å². The van der Waals surface area contributed by atoms with E-state index in [1.54, 1.807) is 6.20 Å². The van der Waals surface area contributed by atoms with Crippen LogP contribution >= 0.6 is 0 Å². The van der Waals surface area contributed by atoms with Gasteiger partial charge in [-0.05, 0) is 18.8 Å². The number of hydrogen-bond donors (Lipinski definition) is 1. The maximum Gasteiger partial charge on any atom is 0.111 e. The average molecular weight is 180 g/mol. The van der Waals surface area contributed by atoms with Crippen molar-refractivity contribution in [3.05, 3.63) is 18.2 Å². The van der Waals surface area contributed by atoms with Gasteiger partial charge >= 0.3 is 0 Å². The lowest BCUT2D eigenvalue weighted by molar-refractivity contribution is -0.0868. The van der Waals surface area contributed by atoms with E-state index in [0.29, 0.717) is 12.3 Å². The quantitative estimate of drug-likeness (QED) is 0.740. The SMILES string of the molecule is CC1CCC1(O)Cc1nccn1C. The van der Waals surface area contributed by atoms with Crippen LogP contribution in [0.5, 0.6) is 0 Å². The van der Waals surface area contributed by atoms with Crippen LogP contribution in [0.1, 0.15) is 25.6 Å². The largest absolute Gasteiger partial charge is 0.389 e. The highest BCUT2D eigenvalue weighted by Crippen LogP contribution is 2.40. The molecule has 2 unspecified atom stereocenters. The van der Waals surface area contributed by atoms with E-state index in [9.17, 15) is 5.11 Å². The lowest BCUT2D eigenvalue weighted by atomic mass is 9.68. The first-order valence-corrected chi connectivity index (χ1v) is 4.80. The summed E-state index contributed by atoms with van der Waals surface area (Å²) in [5, 5.41) is 10.1. The predicted molar refractivity (Wildman–Crippen MR) is 50.3 cm³/mol. The fourth-order valence-corrected chi connectivity index (χ4v) is 1.87. The maximum absolute atomic E-state index is 10.1. The Labute approximate surface area is 78.4 Å². The van der Waals surface area contributed by atoms with E-state index in [1.807, 2.05) is 17.8 Å². The monoisotopic (exact) mass is 180 g/mol. The standard InChI is InChI=1S/C10H16N2O/c1-8-3-4-10(8,13)7-9-11-5-6-12(9)2/h5-6,8,13H,3-4,7H2,1-2H3. The van der Waals surface area contributed by atoms with Crippen molar-refractivity contribution in [2.45, 2.75) is 31.8 Å². The van der Waals surface area contributed by atoms with Crippen LogP contribution in [0, 0.1) is 5.92 Å². The predicted octanol–water partition coefficient (Wildman–Crippen LogP) is 1.12. The summed E-state index contributed by atoms with van der Waals surface area (Å²) in [5.41, 5.74) is -0.487. The second-order valence-electron chi connectivity index (χ2n) is 4.17. The van der Waals surface area contributed by atoms with Crippen molar-refractivity contribution in [3.8, 4) is 0 Å². The molecule has 0 aromatic carbocycles. The molecule has 2 rings (SSSR count). The topological polar surface area (TPSA) is 38.1 Å². The van der Waals surface area contributed by atoms with Gasteiger partial charge in [0.15, 0.2) is 0 Å². The summed E-state index contributed by atoms with van der Waals surface area (Å²) in [6, 6.07) is 0. The van der Waals surface area contributed by atoms with E-state index in [-0.39, 0.29) is 0 Å². The van der Waals surface area contributed by atoms with Gasteiger partial charge in [0.05, 0.1) is 5.60 Å². The number of nitrogens with zero attached hydrogens (tertiary/aromatic N) is 2. The van der Waals surface area contributed by atoms with Gasteiger partial charge in [-0.15, -0.1) is 0 Å². The summed E-state index contributed by atoms with van der Waals surface area (Å²) in [5.74, 6) is 1.40. The summed E-state index contributed by atoms with van der Waals surface area (Å²) in [7, 11) is 1.97. The Bertz CT molecular complexity index is 308. The molecule has 1 aliphatic carbocycles. The highest BCUT2D eigenvalue weighted by atomic mass is 16.3. The number of aliphatic hydroxyl groups is 1. The van der Waals surface area contributed by atoms with Gasteiger partial charge in [-0.2, -0.15) is 0 Å². The van der Waals surface area contributed by atoms with Crippen molar-refractivity contribution >= 4 is 0 Å². The molecular weight excluding hydrogens is 164 g/mol. The molecular formula is C10H16N2O. The van der Waals surface area contributed by atoms with E-state index in [0.717, 1.165) is 18.7 Å². The van der Waals surface area contributed by atoms with Crippen molar-refractivity contribution < 1.29 is 5.11 Å². The third-order valence-electron chi connectivity index (χ3n) is 3.31. The van der Waals surface area contributed by atoms with Gasteiger partial charge < -0.3 is 9.67 Å². The Hall–Kier alpha value is -0.830. The van der Waals surface area contributed by atoms with Crippen molar-refractivity contribution in [2.24, 2.45) is 13.0 Å². The van der Waals surface area contributed by atoms with Crippen LogP contribution in [0.15, 0.2) is 12.4 Å². The Balaban J connectivity index is 2.10. The van der Waals surface area contributed by atoms with Gasteiger partial charge in [0.2, 0.25) is 0 Å². The third kappa shape index (κ3) is 1.37. The van der Waals surface area contributed by atoms with Gasteiger partial charge in [-0.1, -0.05) is 6.92 Å². The zero-order valence-corrected chi connectivity index (χ0v) is 8.20. The molecule has 3 heteroatoms. The molecule has 72 valence electrons. The molecule has 1 aromatic heterocycles. The molecule has 3 nitrogen and oxygen atoms in total. The van der Waals surface area contributed by atoms with E-state index >= 15 is 0 Å². The molecule has 0 radical (unpaired) electrons. The van der Waals surface area contributed by atoms with Crippen molar-refractivity contribution in [1.29, 1.82) is 0 Å². The summed E-state index contributed by atoms with van der Waals surface area (Å²) < 4.78 is 1.98. The minimum absolute atomic E-state index is 0.421. The highest BCUT2D eigenvalue weighted by Gasteiger charge is 2.42. The minimum Gasteiger partial charge on any atom is -0.389 e. The van der Waals surface area contributed by atoms with Crippen LogP contribution in [0.3, 0.4) is 0 Å². The van der Waals surface area contributed by atoms with Gasteiger partial charge in [-0.3, -0.25) is 0 Å². The smallest absolute Gasteiger partial charge is 0.111 e. The molecule has 0 saturated heterocycles. The first kappa shape index (κ1) is 8.75. The maximum atomic E-state index is 10.1. The Morgan fingerprint density at radius 3 is 2.92 bits per heavy atom. The first-order valence-electron chi connectivity index (χ1n) is 4.80. The average Bonchev–Trinajstić information content (AvgIpc) is 2.49. The molecule has 0 aliphatic heterocycles. The molecule has 1 heterocycles. The Morgan fingerprint density at radius 1 is 1.77 bits per heavy atom. The molecule has 0 bridgehead atoms. The number of rotatable bonds is 2. The van der Waals surface area contributed by atoms with Gasteiger partial charge in [0, 0.05) is 25.9 Å². The molecule has 1 aromatic rings. The fraction of sp³-hybridized carbons (Fsp3) is 0.700. The van der Waals surface area contributed by atoms with Crippen LogP contribution < -0.4 is 0 Å². The Kier molecular flexibility index (Phi) is 1.91. The van der Waals surface area contributed by atoms with Crippen LogP contribution in [0.2, 0.25) is 0 Å². The highest BCUT2D eigenvalue weighted by molar-refractivity contribution is 5.04. The van der Waals surface area contributed by atoms with Gasteiger partial charge in [-0.25, -0.2) is 4.98 Å². The number of imidazole rings is 1. The van der Waals surface area contributed by atoms with Crippen molar-refractivity contribution in [3.63, 3.8) is 0 Å². The van der Waals surface area contributed by atoms with Crippen molar-refractivity contribution in [2.75, 3.05) is 0 Å². The van der Waals surface area contributed by atoms with Crippen LogP contribution in [-0.2, 0) is 13.5 Å². The van der Waals surface area contributed by atoms with E-state index < -0.39 is 5.60 Å². The lowest BCUT2D eigenvalue weighted by Crippen LogP contribution is -2.47. The number of hydrogen-bond acceptors (Lipinski definition) is 2. The van der Waals surface area contributed by atoms with Crippen LogP contribution in [0.4, 0.5) is 0 Å². The summed E-state index contributed by atoms with van der Waals surface area (Å²) >= 11 is 0. The molecule has 1 aliphatic rings. The summed E-state index contributed by atoms with van der Waals surface area (Å²) in [6.45, 7) is 2.10. The summed E-state index contributed by atoms with van der Waals surface area (Å²) in [4.78, 5) is 4.22. The second-order valence-corrected chi connectivity index (χ2v) is 4.17. The van der Waals surface area contributed by atoms with E-state index in [4.69, 9.17) is 0 Å². The normalized spacial score (nSPS) is 33.0. The fourth-order valence-electron chi connectivity index (χ4n) is 1.87. The molecule has 0 amide bonds.